The van der Waals surface area contributed by atoms with E-state index in [1.165, 1.54) is 0 Å². The van der Waals surface area contributed by atoms with E-state index in [0.717, 1.165) is 0 Å². The van der Waals surface area contributed by atoms with Gasteiger partial charge >= 0.3 is 6.01 Å². The molecule has 0 amide bonds. The topological polar surface area (TPSA) is 90.6 Å². The molecular weight excluding hydrogens is 222 g/mol. The molecule has 2 aromatic heterocycles. The van der Waals surface area contributed by atoms with Crippen molar-refractivity contribution in [1.82, 2.24) is 29.9 Å². The molecule has 8 heteroatoms. The molecule has 0 unspecified atom stereocenters. The average Bonchev–Trinajstić information content (AvgIpc) is 2.75. The summed E-state index contributed by atoms with van der Waals surface area (Å²) in [7, 11) is 3.50. The minimum Gasteiger partial charge on any atom is -0.464 e. The maximum absolute atomic E-state index is 5.27. The van der Waals surface area contributed by atoms with Crippen molar-refractivity contribution in [3.05, 3.63) is 6.20 Å². The summed E-state index contributed by atoms with van der Waals surface area (Å²) >= 11 is 0. The number of anilines is 1. The van der Waals surface area contributed by atoms with Gasteiger partial charge in [0, 0.05) is 14.1 Å². The Morgan fingerprint density at radius 1 is 1.35 bits per heavy atom. The third-order valence-corrected chi connectivity index (χ3v) is 2.06. The molecule has 1 N–H and O–H groups in total. The summed E-state index contributed by atoms with van der Waals surface area (Å²) in [6, 6.07) is 0.281. The molecule has 0 saturated carbocycles. The van der Waals surface area contributed by atoms with Gasteiger partial charge in [0.05, 0.1) is 12.8 Å². The number of ether oxygens (including phenoxy) is 1. The van der Waals surface area contributed by atoms with E-state index in [4.69, 9.17) is 4.74 Å². The van der Waals surface area contributed by atoms with Crippen molar-refractivity contribution in [1.29, 1.82) is 0 Å². The second-order valence-electron chi connectivity index (χ2n) is 3.19. The fraction of sp³-hybridized carbons (Fsp3) is 0.444. The molecule has 0 fully saturated rings. The SMILES string of the molecule is CCOc1nc(NC)nc(-c2cnnn2C)n1. The second kappa shape index (κ2) is 4.73. The van der Waals surface area contributed by atoms with Crippen LogP contribution < -0.4 is 10.1 Å². The van der Waals surface area contributed by atoms with Gasteiger partial charge in [0.1, 0.15) is 5.69 Å². The highest BCUT2D eigenvalue weighted by Gasteiger charge is 2.11. The molecule has 2 heterocycles. The largest absolute Gasteiger partial charge is 0.464 e. The minimum atomic E-state index is 0.281. The quantitative estimate of drug-likeness (QED) is 0.804. The molecule has 0 aliphatic heterocycles. The molecule has 0 saturated heterocycles. The van der Waals surface area contributed by atoms with E-state index in [1.807, 2.05) is 6.92 Å². The number of nitrogens with zero attached hydrogens (tertiary/aromatic N) is 6. The summed E-state index contributed by atoms with van der Waals surface area (Å²) in [5.41, 5.74) is 0.699. The van der Waals surface area contributed by atoms with Crippen LogP contribution in [-0.4, -0.2) is 43.6 Å². The lowest BCUT2D eigenvalue weighted by atomic mass is 10.4. The van der Waals surface area contributed by atoms with Crippen LogP contribution in [0.15, 0.2) is 6.20 Å². The maximum Gasteiger partial charge on any atom is 0.321 e. The first kappa shape index (κ1) is 11.2. The molecule has 0 aromatic carbocycles. The Morgan fingerprint density at radius 2 is 2.18 bits per heavy atom. The predicted octanol–water partition coefficient (Wildman–Crippen LogP) is 0.107. The lowest BCUT2D eigenvalue weighted by molar-refractivity contribution is 0.312. The van der Waals surface area contributed by atoms with Crippen LogP contribution in [0.4, 0.5) is 5.95 Å². The molecule has 0 spiro atoms. The van der Waals surface area contributed by atoms with E-state index in [2.05, 4.69) is 30.6 Å². The number of nitrogens with one attached hydrogen (secondary N) is 1. The number of hydrogen-bond donors (Lipinski definition) is 1. The highest BCUT2D eigenvalue weighted by atomic mass is 16.5. The molecular formula is C9H13N7O. The highest BCUT2D eigenvalue weighted by Crippen LogP contribution is 2.16. The zero-order valence-electron chi connectivity index (χ0n) is 9.88. The van der Waals surface area contributed by atoms with Crippen LogP contribution in [0, 0.1) is 0 Å². The lowest BCUT2D eigenvalue weighted by Gasteiger charge is -2.06. The molecule has 2 rings (SSSR count). The van der Waals surface area contributed by atoms with Crippen LogP contribution in [0.5, 0.6) is 6.01 Å². The molecule has 0 atom stereocenters. The summed E-state index contributed by atoms with van der Waals surface area (Å²) in [4.78, 5) is 12.5. The standard InChI is InChI=1S/C9H13N7O/c1-4-17-9-13-7(12-8(10-2)14-9)6-5-11-15-16(6)3/h5H,4H2,1-3H3,(H,10,12,13,14). The molecule has 90 valence electrons. The van der Waals surface area contributed by atoms with Crippen molar-refractivity contribution in [2.45, 2.75) is 6.92 Å². The maximum atomic E-state index is 5.27. The molecule has 0 aliphatic carbocycles. The van der Waals surface area contributed by atoms with Crippen LogP contribution >= 0.6 is 0 Å². The van der Waals surface area contributed by atoms with Crippen molar-refractivity contribution in [2.24, 2.45) is 7.05 Å². The Bertz CT molecular complexity index is 510. The minimum absolute atomic E-state index is 0.281. The van der Waals surface area contributed by atoms with Crippen LogP contribution in [-0.2, 0) is 7.05 Å². The molecule has 0 aliphatic rings. The zero-order valence-corrected chi connectivity index (χ0v) is 9.88. The van der Waals surface area contributed by atoms with Crippen molar-refractivity contribution < 1.29 is 4.74 Å². The number of aromatic nitrogens is 6. The van der Waals surface area contributed by atoms with Gasteiger partial charge in [0.2, 0.25) is 5.95 Å². The van der Waals surface area contributed by atoms with Gasteiger partial charge in [0.25, 0.3) is 0 Å². The summed E-state index contributed by atoms with van der Waals surface area (Å²) in [5, 5.41) is 10.5. The van der Waals surface area contributed by atoms with Crippen molar-refractivity contribution in [3.8, 4) is 17.5 Å². The van der Waals surface area contributed by atoms with E-state index in [0.29, 0.717) is 24.1 Å². The molecule has 0 bridgehead atoms. The third kappa shape index (κ3) is 2.30. The van der Waals surface area contributed by atoms with E-state index >= 15 is 0 Å². The van der Waals surface area contributed by atoms with Gasteiger partial charge in [-0.2, -0.15) is 15.0 Å². The normalized spacial score (nSPS) is 10.3. The van der Waals surface area contributed by atoms with Gasteiger partial charge < -0.3 is 10.1 Å². The van der Waals surface area contributed by atoms with Gasteiger partial charge in [0.15, 0.2) is 5.82 Å². The monoisotopic (exact) mass is 235 g/mol. The van der Waals surface area contributed by atoms with E-state index in [1.54, 1.807) is 25.0 Å². The zero-order chi connectivity index (χ0) is 12.3. The lowest BCUT2D eigenvalue weighted by Crippen LogP contribution is -2.06. The summed E-state index contributed by atoms with van der Waals surface area (Å²) in [6.45, 7) is 2.37. The fourth-order valence-corrected chi connectivity index (χ4v) is 1.27. The van der Waals surface area contributed by atoms with E-state index in [-0.39, 0.29) is 6.01 Å². The molecule has 8 nitrogen and oxygen atoms in total. The fourth-order valence-electron chi connectivity index (χ4n) is 1.27. The molecule has 2 aromatic rings. The Balaban J connectivity index is 2.46. The number of hydrogen-bond acceptors (Lipinski definition) is 7. The Labute approximate surface area is 98.1 Å². The Morgan fingerprint density at radius 3 is 2.76 bits per heavy atom. The molecule has 0 radical (unpaired) electrons. The summed E-state index contributed by atoms with van der Waals surface area (Å²) in [5.74, 6) is 0.917. The number of aryl methyl sites for hydroxylation is 1. The third-order valence-electron chi connectivity index (χ3n) is 2.06. The van der Waals surface area contributed by atoms with Gasteiger partial charge in [-0.3, -0.25) is 0 Å². The van der Waals surface area contributed by atoms with Crippen LogP contribution in [0.2, 0.25) is 0 Å². The van der Waals surface area contributed by atoms with Crippen molar-refractivity contribution in [2.75, 3.05) is 19.0 Å². The van der Waals surface area contributed by atoms with Gasteiger partial charge in [-0.1, -0.05) is 5.21 Å². The van der Waals surface area contributed by atoms with E-state index in [9.17, 15) is 0 Å². The second-order valence-corrected chi connectivity index (χ2v) is 3.19. The first-order chi connectivity index (χ1) is 8.24. The van der Waals surface area contributed by atoms with Gasteiger partial charge in [-0.15, -0.1) is 5.10 Å². The summed E-state index contributed by atoms with van der Waals surface area (Å²) in [6.07, 6.45) is 1.59. The Hall–Kier alpha value is -2.25. The first-order valence-corrected chi connectivity index (χ1v) is 5.16. The smallest absolute Gasteiger partial charge is 0.321 e. The van der Waals surface area contributed by atoms with Crippen molar-refractivity contribution in [3.63, 3.8) is 0 Å². The van der Waals surface area contributed by atoms with E-state index < -0.39 is 0 Å². The van der Waals surface area contributed by atoms with Crippen LogP contribution in [0.1, 0.15) is 6.92 Å². The predicted molar refractivity (Wildman–Crippen MR) is 60.5 cm³/mol. The van der Waals surface area contributed by atoms with Crippen LogP contribution in [0.25, 0.3) is 11.5 Å². The highest BCUT2D eigenvalue weighted by molar-refractivity contribution is 5.50. The number of rotatable bonds is 4. The van der Waals surface area contributed by atoms with Gasteiger partial charge in [-0.05, 0) is 6.92 Å². The van der Waals surface area contributed by atoms with Gasteiger partial charge in [-0.25, -0.2) is 4.68 Å². The van der Waals surface area contributed by atoms with Crippen molar-refractivity contribution >= 4 is 5.95 Å². The molecule has 17 heavy (non-hydrogen) atoms. The van der Waals surface area contributed by atoms with Crippen LogP contribution in [0.3, 0.4) is 0 Å². The average molecular weight is 235 g/mol. The Kier molecular flexibility index (Phi) is 3.12. The first-order valence-electron chi connectivity index (χ1n) is 5.16. The summed E-state index contributed by atoms with van der Waals surface area (Å²) < 4.78 is 6.86.